The highest BCUT2D eigenvalue weighted by molar-refractivity contribution is 9.10. The van der Waals surface area contributed by atoms with Gasteiger partial charge in [-0.2, -0.15) is 0 Å². The maximum absolute atomic E-state index is 12.0. The fraction of sp³-hybridized carbons (Fsp3) is 0.333. The number of phenolic OH excluding ortho intramolecular Hbond substituents is 1. The molecule has 0 aliphatic heterocycles. The zero-order valence-electron chi connectivity index (χ0n) is 7.66. The summed E-state index contributed by atoms with van der Waals surface area (Å²) in [5.74, 6) is -0.0625. The quantitative estimate of drug-likeness (QED) is 0.900. The number of aromatic hydroxyl groups is 1. The van der Waals surface area contributed by atoms with Gasteiger partial charge in [0.15, 0.2) is 0 Å². The van der Waals surface area contributed by atoms with E-state index in [0.717, 1.165) is 0 Å². The van der Waals surface area contributed by atoms with Gasteiger partial charge in [-0.05, 0) is 12.1 Å². The van der Waals surface area contributed by atoms with Crippen molar-refractivity contribution in [3.63, 3.8) is 0 Å². The van der Waals surface area contributed by atoms with Crippen molar-refractivity contribution >= 4 is 28.3 Å². The molecule has 1 atom stereocenters. The van der Waals surface area contributed by atoms with Crippen LogP contribution in [0.2, 0.25) is 0 Å². The molecule has 0 saturated heterocycles. The molecular weight excluding hydrogens is 291 g/mol. The molecule has 1 aromatic rings. The van der Waals surface area contributed by atoms with Crippen LogP contribution in [0.5, 0.6) is 5.75 Å². The summed E-state index contributed by atoms with van der Waals surface area (Å²) in [5.41, 5.74) is 5.83. The third-order valence-corrected chi connectivity index (χ3v) is 2.32. The van der Waals surface area contributed by atoms with E-state index in [2.05, 4.69) is 15.9 Å². The van der Waals surface area contributed by atoms with E-state index in [1.807, 2.05) is 0 Å². The summed E-state index contributed by atoms with van der Waals surface area (Å²) in [6, 6.07) is 3.79. The van der Waals surface area contributed by atoms with E-state index in [1.54, 1.807) is 6.07 Å². The van der Waals surface area contributed by atoms with E-state index in [4.69, 9.17) is 5.73 Å². The minimum absolute atomic E-state index is 0. The monoisotopic (exact) mass is 301 g/mol. The van der Waals surface area contributed by atoms with Crippen molar-refractivity contribution in [2.24, 2.45) is 5.73 Å². The Labute approximate surface area is 101 Å². The van der Waals surface area contributed by atoms with Crippen molar-refractivity contribution in [2.75, 3.05) is 0 Å². The Bertz CT molecular complexity index is 325. The van der Waals surface area contributed by atoms with Crippen LogP contribution in [0.15, 0.2) is 22.7 Å². The summed E-state index contributed by atoms with van der Waals surface area (Å²) in [5, 5.41) is 9.42. The molecule has 3 N–H and O–H groups in total. The first kappa shape index (κ1) is 14.6. The van der Waals surface area contributed by atoms with Gasteiger partial charge in [0.1, 0.15) is 5.75 Å². The third kappa shape index (κ3) is 4.32. The van der Waals surface area contributed by atoms with Crippen molar-refractivity contribution < 1.29 is 13.9 Å². The second-order valence-electron chi connectivity index (χ2n) is 2.94. The van der Waals surface area contributed by atoms with E-state index >= 15 is 0 Å². The van der Waals surface area contributed by atoms with Gasteiger partial charge < -0.3 is 10.8 Å². The van der Waals surface area contributed by atoms with Crippen LogP contribution in [0.3, 0.4) is 0 Å². The van der Waals surface area contributed by atoms with Crippen molar-refractivity contribution in [3.05, 3.63) is 28.2 Å². The fourth-order valence-corrected chi connectivity index (χ4v) is 1.50. The Morgan fingerprint density at radius 3 is 2.47 bits per heavy atom. The highest BCUT2D eigenvalue weighted by Gasteiger charge is 2.15. The second-order valence-corrected chi connectivity index (χ2v) is 3.85. The largest absolute Gasteiger partial charge is 0.508 e. The number of hydrogen-bond donors (Lipinski definition) is 2. The van der Waals surface area contributed by atoms with Crippen molar-refractivity contribution in [2.45, 2.75) is 18.9 Å². The molecular formula is C9H11BrClF2NO. The van der Waals surface area contributed by atoms with Gasteiger partial charge in [-0.3, -0.25) is 0 Å². The average Bonchev–Trinajstić information content (AvgIpc) is 2.01. The number of hydrogen-bond acceptors (Lipinski definition) is 2. The van der Waals surface area contributed by atoms with Crippen LogP contribution in [-0.4, -0.2) is 11.5 Å². The molecule has 1 rings (SSSR count). The summed E-state index contributed by atoms with van der Waals surface area (Å²) in [6.07, 6.45) is -2.91. The molecule has 0 heterocycles. The zero-order chi connectivity index (χ0) is 10.7. The lowest BCUT2D eigenvalue weighted by Crippen LogP contribution is -2.14. The molecule has 0 aliphatic rings. The number of nitrogens with two attached hydrogens (primary N) is 1. The number of halogens is 4. The Morgan fingerprint density at radius 1 is 1.40 bits per heavy atom. The van der Waals surface area contributed by atoms with Gasteiger partial charge in [-0.25, -0.2) is 8.78 Å². The highest BCUT2D eigenvalue weighted by Crippen LogP contribution is 2.29. The Hall–Kier alpha value is -0.390. The van der Waals surface area contributed by atoms with Crippen molar-refractivity contribution in [3.8, 4) is 5.75 Å². The lowest BCUT2D eigenvalue weighted by molar-refractivity contribution is 0.128. The molecule has 0 saturated carbocycles. The molecule has 0 aromatic heterocycles. The number of alkyl halides is 2. The highest BCUT2D eigenvalue weighted by atomic mass is 79.9. The van der Waals surface area contributed by atoms with E-state index < -0.39 is 18.9 Å². The Morgan fingerprint density at radius 2 is 2.00 bits per heavy atom. The molecule has 0 unspecified atom stereocenters. The topological polar surface area (TPSA) is 46.2 Å². The van der Waals surface area contributed by atoms with Crippen molar-refractivity contribution in [1.29, 1.82) is 0 Å². The van der Waals surface area contributed by atoms with Crippen LogP contribution in [-0.2, 0) is 0 Å². The van der Waals surface area contributed by atoms with E-state index in [9.17, 15) is 13.9 Å². The van der Waals surface area contributed by atoms with Crippen LogP contribution in [0.25, 0.3) is 0 Å². The molecule has 0 spiro atoms. The molecule has 15 heavy (non-hydrogen) atoms. The SMILES string of the molecule is Cl.N[C@@H](CC(F)F)c1ccc(Br)cc1O. The number of phenols is 1. The molecule has 2 nitrogen and oxygen atoms in total. The van der Waals surface area contributed by atoms with Crippen LogP contribution in [0.1, 0.15) is 18.0 Å². The van der Waals surface area contributed by atoms with Gasteiger partial charge in [0.25, 0.3) is 0 Å². The summed E-state index contributed by atoms with van der Waals surface area (Å²) in [6.45, 7) is 0. The molecule has 0 bridgehead atoms. The first-order valence-corrected chi connectivity index (χ1v) is 4.82. The molecule has 0 aliphatic carbocycles. The third-order valence-electron chi connectivity index (χ3n) is 1.82. The molecule has 0 fully saturated rings. The minimum Gasteiger partial charge on any atom is -0.508 e. The lowest BCUT2D eigenvalue weighted by atomic mass is 10.0. The smallest absolute Gasteiger partial charge is 0.240 e. The van der Waals surface area contributed by atoms with Gasteiger partial charge in [0.05, 0.1) is 0 Å². The maximum Gasteiger partial charge on any atom is 0.240 e. The first-order valence-electron chi connectivity index (χ1n) is 4.03. The zero-order valence-corrected chi connectivity index (χ0v) is 10.1. The summed E-state index contributed by atoms with van der Waals surface area (Å²) >= 11 is 3.15. The standard InChI is InChI=1S/C9H10BrF2NO.ClH/c10-5-1-2-6(8(14)3-5)7(13)4-9(11)12;/h1-3,7,9,14H,4,13H2;1H/t7-;/m0./s1. The number of benzene rings is 1. The first-order chi connectivity index (χ1) is 6.50. The molecule has 1 aromatic carbocycles. The molecule has 0 amide bonds. The molecule has 86 valence electrons. The Kier molecular flexibility index (Phi) is 6.09. The maximum atomic E-state index is 12.0. The van der Waals surface area contributed by atoms with Gasteiger partial charge >= 0.3 is 0 Å². The van der Waals surface area contributed by atoms with Crippen LogP contribution in [0.4, 0.5) is 8.78 Å². The normalized spacial score (nSPS) is 12.3. The van der Waals surface area contributed by atoms with Crippen LogP contribution >= 0.6 is 28.3 Å². The predicted molar refractivity (Wildman–Crippen MR) is 60.6 cm³/mol. The minimum atomic E-state index is -2.46. The van der Waals surface area contributed by atoms with Gasteiger partial charge in [-0.1, -0.05) is 22.0 Å². The molecule has 6 heteroatoms. The Balaban J connectivity index is 0.00000196. The summed E-state index contributed by atoms with van der Waals surface area (Å²) in [7, 11) is 0. The van der Waals surface area contributed by atoms with Crippen molar-refractivity contribution in [1.82, 2.24) is 0 Å². The fourth-order valence-electron chi connectivity index (χ4n) is 1.15. The summed E-state index contributed by atoms with van der Waals surface area (Å²) < 4.78 is 24.7. The van der Waals surface area contributed by atoms with E-state index in [1.165, 1.54) is 12.1 Å². The summed E-state index contributed by atoms with van der Waals surface area (Å²) in [4.78, 5) is 0. The molecule has 0 radical (unpaired) electrons. The van der Waals surface area contributed by atoms with Gasteiger partial charge in [-0.15, -0.1) is 12.4 Å². The average molecular weight is 303 g/mol. The van der Waals surface area contributed by atoms with E-state index in [-0.39, 0.29) is 18.2 Å². The lowest BCUT2D eigenvalue weighted by Gasteiger charge is -2.12. The number of rotatable bonds is 3. The van der Waals surface area contributed by atoms with Crippen LogP contribution in [0, 0.1) is 0 Å². The van der Waals surface area contributed by atoms with Gasteiger partial charge in [0, 0.05) is 22.5 Å². The predicted octanol–water partition coefficient (Wildman–Crippen LogP) is 3.23. The van der Waals surface area contributed by atoms with E-state index in [0.29, 0.717) is 10.0 Å². The van der Waals surface area contributed by atoms with Gasteiger partial charge in [0.2, 0.25) is 6.43 Å². The second kappa shape index (κ2) is 6.25. The van der Waals surface area contributed by atoms with Crippen LogP contribution < -0.4 is 5.73 Å².